The maximum absolute atomic E-state index is 13.4. The Hall–Kier alpha value is -2.85. The van der Waals surface area contributed by atoms with Crippen LogP contribution < -0.4 is 15.1 Å². The summed E-state index contributed by atoms with van der Waals surface area (Å²) in [6, 6.07) is 7.84. The molecule has 2 heterocycles. The van der Waals surface area contributed by atoms with Gasteiger partial charge in [0.25, 0.3) is 5.91 Å². The van der Waals surface area contributed by atoms with Crippen LogP contribution in [0.15, 0.2) is 35.6 Å². The lowest BCUT2D eigenvalue weighted by atomic mass is 10.1. The second kappa shape index (κ2) is 12.4. The van der Waals surface area contributed by atoms with Crippen LogP contribution in [0, 0.1) is 0 Å². The Kier molecular flexibility index (Phi) is 9.56. The highest BCUT2D eigenvalue weighted by atomic mass is 32.2. The van der Waals surface area contributed by atoms with Crippen LogP contribution in [0.1, 0.15) is 56.5 Å². The van der Waals surface area contributed by atoms with Gasteiger partial charge in [0, 0.05) is 44.0 Å². The maximum Gasteiger partial charge on any atom is 0.407 e. The van der Waals surface area contributed by atoms with Crippen molar-refractivity contribution in [1.29, 1.82) is 0 Å². The van der Waals surface area contributed by atoms with Crippen LogP contribution >= 0.6 is 11.8 Å². The monoisotopic (exact) mass is 515 g/mol. The molecule has 0 aliphatic carbocycles. The van der Waals surface area contributed by atoms with Gasteiger partial charge >= 0.3 is 6.09 Å². The molecule has 9 nitrogen and oxygen atoms in total. The zero-order chi connectivity index (χ0) is 26.3. The van der Waals surface area contributed by atoms with E-state index in [0.717, 1.165) is 17.7 Å². The van der Waals surface area contributed by atoms with E-state index >= 15 is 0 Å². The second-order valence-electron chi connectivity index (χ2n) is 9.78. The van der Waals surface area contributed by atoms with Crippen molar-refractivity contribution in [3.63, 3.8) is 0 Å². The van der Waals surface area contributed by atoms with Gasteiger partial charge in [-0.05, 0) is 51.1 Å². The minimum Gasteiger partial charge on any atom is -0.449 e. The quantitative estimate of drug-likeness (QED) is 0.385. The number of ether oxygens (including phenoxy) is 2. The van der Waals surface area contributed by atoms with E-state index in [9.17, 15) is 9.59 Å². The average Bonchev–Trinajstić information content (AvgIpc) is 2.96. The number of fused-ring (bicyclic) bond motifs is 1. The van der Waals surface area contributed by atoms with Gasteiger partial charge in [-0.1, -0.05) is 30.8 Å². The van der Waals surface area contributed by atoms with Crippen molar-refractivity contribution in [2.75, 3.05) is 42.8 Å². The molecule has 36 heavy (non-hydrogen) atoms. The molecule has 1 unspecified atom stereocenters. The first-order valence-corrected chi connectivity index (χ1v) is 13.4. The first-order valence-electron chi connectivity index (χ1n) is 12.2. The zero-order valence-electron chi connectivity index (χ0n) is 22.0. The van der Waals surface area contributed by atoms with Crippen molar-refractivity contribution in [3.05, 3.63) is 41.6 Å². The fraction of sp³-hybridized carbons (Fsp3) is 0.538. The van der Waals surface area contributed by atoms with Gasteiger partial charge in [0.15, 0.2) is 5.16 Å². The van der Waals surface area contributed by atoms with Gasteiger partial charge in [-0.25, -0.2) is 14.8 Å². The number of carbonyl (C=O) groups excluding carboxylic acids is 2. The van der Waals surface area contributed by atoms with E-state index < -0.39 is 6.09 Å². The molecule has 1 atom stereocenters. The molecule has 0 spiro atoms. The smallest absolute Gasteiger partial charge is 0.407 e. The molecule has 2 amide bonds. The lowest BCUT2D eigenvalue weighted by Gasteiger charge is -2.22. The number of thioether (sulfide) groups is 1. The summed E-state index contributed by atoms with van der Waals surface area (Å²) in [5.41, 5.74) is 1.94. The molecule has 0 saturated carbocycles. The Morgan fingerprint density at radius 3 is 2.75 bits per heavy atom. The SMILES string of the molecule is CCC(CCOC(=O)NC(C)(C)C)OCc1cccc(N2CCN(C)c3nc(SC)ncc3C2=O)c1. The molecule has 0 fully saturated rings. The van der Waals surface area contributed by atoms with Crippen molar-refractivity contribution in [1.82, 2.24) is 15.3 Å². The van der Waals surface area contributed by atoms with Crippen molar-refractivity contribution in [3.8, 4) is 0 Å². The van der Waals surface area contributed by atoms with Gasteiger partial charge in [-0.15, -0.1) is 0 Å². The van der Waals surface area contributed by atoms with E-state index in [4.69, 9.17) is 9.47 Å². The maximum atomic E-state index is 13.4. The summed E-state index contributed by atoms with van der Waals surface area (Å²) in [6.07, 6.45) is 4.48. The highest BCUT2D eigenvalue weighted by molar-refractivity contribution is 7.98. The Balaban J connectivity index is 1.62. The van der Waals surface area contributed by atoms with E-state index in [1.165, 1.54) is 11.8 Å². The molecular formula is C26H37N5O4S. The summed E-state index contributed by atoms with van der Waals surface area (Å²) in [4.78, 5) is 37.9. The predicted molar refractivity (Wildman–Crippen MR) is 143 cm³/mol. The van der Waals surface area contributed by atoms with Crippen molar-refractivity contribution in [2.24, 2.45) is 0 Å². The number of nitrogens with zero attached hydrogens (tertiary/aromatic N) is 4. The van der Waals surface area contributed by atoms with E-state index in [0.29, 0.717) is 42.7 Å². The molecule has 3 rings (SSSR count). The lowest BCUT2D eigenvalue weighted by molar-refractivity contribution is 0.0185. The highest BCUT2D eigenvalue weighted by Gasteiger charge is 2.28. The minimum absolute atomic E-state index is 0.0424. The largest absolute Gasteiger partial charge is 0.449 e. The van der Waals surface area contributed by atoms with Crippen molar-refractivity contribution in [2.45, 2.75) is 63.9 Å². The lowest BCUT2D eigenvalue weighted by Crippen LogP contribution is -2.41. The Morgan fingerprint density at radius 2 is 2.06 bits per heavy atom. The Labute approximate surface area is 218 Å². The summed E-state index contributed by atoms with van der Waals surface area (Å²) >= 11 is 1.45. The molecule has 2 aromatic rings. The van der Waals surface area contributed by atoms with Crippen molar-refractivity contribution < 1.29 is 19.1 Å². The third kappa shape index (κ3) is 7.57. The first-order chi connectivity index (χ1) is 17.1. The summed E-state index contributed by atoms with van der Waals surface area (Å²) in [5.74, 6) is 0.544. The second-order valence-corrected chi connectivity index (χ2v) is 10.6. The standard InChI is InChI=1S/C26H37N5O4S/c1-7-20(11-14-34-25(33)29-26(2,3)4)35-17-18-9-8-10-19(15-18)31-13-12-30(5)22-21(23(31)32)16-27-24(28-22)36-6/h8-10,15-16,20H,7,11-14,17H2,1-6H3,(H,29,33). The molecule has 196 valence electrons. The van der Waals surface area contributed by atoms with E-state index in [-0.39, 0.29) is 24.2 Å². The third-order valence-electron chi connectivity index (χ3n) is 5.74. The number of aromatic nitrogens is 2. The van der Waals surface area contributed by atoms with Gasteiger partial charge in [-0.2, -0.15) is 0 Å². The summed E-state index contributed by atoms with van der Waals surface area (Å²) in [7, 11) is 1.94. The van der Waals surface area contributed by atoms with Crippen LogP contribution in [0.2, 0.25) is 0 Å². The molecule has 0 radical (unpaired) electrons. The Morgan fingerprint density at radius 1 is 1.28 bits per heavy atom. The molecule has 1 N–H and O–H groups in total. The van der Waals surface area contributed by atoms with Gasteiger partial charge in [0.1, 0.15) is 11.4 Å². The zero-order valence-corrected chi connectivity index (χ0v) is 22.9. The number of likely N-dealkylation sites (N-methyl/N-ethyl adjacent to an activating group) is 1. The van der Waals surface area contributed by atoms with Crippen LogP contribution in [-0.4, -0.2) is 66.6 Å². The first kappa shape index (κ1) is 27.7. The third-order valence-corrected chi connectivity index (χ3v) is 6.30. The Bertz CT molecular complexity index is 1060. The van der Waals surface area contributed by atoms with E-state index in [1.807, 2.05) is 70.2 Å². The van der Waals surface area contributed by atoms with Crippen LogP contribution in [0.4, 0.5) is 16.3 Å². The minimum atomic E-state index is -0.422. The molecular weight excluding hydrogens is 478 g/mol. The van der Waals surface area contributed by atoms with Gasteiger partial charge in [0.2, 0.25) is 0 Å². The highest BCUT2D eigenvalue weighted by Crippen LogP contribution is 2.27. The topological polar surface area (TPSA) is 96.9 Å². The number of alkyl carbamates (subject to hydrolysis) is 1. The molecule has 0 saturated heterocycles. The molecule has 1 aliphatic heterocycles. The number of benzene rings is 1. The number of carbonyl (C=O) groups is 2. The molecule has 1 aromatic heterocycles. The van der Waals surface area contributed by atoms with E-state index in [1.54, 1.807) is 11.1 Å². The summed E-state index contributed by atoms with van der Waals surface area (Å²) in [5, 5.41) is 3.43. The number of hydrogen-bond acceptors (Lipinski definition) is 8. The van der Waals surface area contributed by atoms with Gasteiger partial charge in [0.05, 0.1) is 19.3 Å². The van der Waals surface area contributed by atoms with Crippen LogP contribution in [0.3, 0.4) is 0 Å². The molecule has 0 bridgehead atoms. The number of anilines is 2. The van der Waals surface area contributed by atoms with E-state index in [2.05, 4.69) is 15.3 Å². The summed E-state index contributed by atoms with van der Waals surface area (Å²) < 4.78 is 11.4. The molecule has 1 aliphatic rings. The average molecular weight is 516 g/mol. The predicted octanol–water partition coefficient (Wildman–Crippen LogP) is 4.51. The number of nitrogens with one attached hydrogen (secondary N) is 1. The van der Waals surface area contributed by atoms with Crippen LogP contribution in [-0.2, 0) is 16.1 Å². The number of rotatable bonds is 9. The molecule has 1 aromatic carbocycles. The normalized spacial score (nSPS) is 14.8. The molecule has 10 heteroatoms. The fourth-order valence-electron chi connectivity index (χ4n) is 3.81. The fourth-order valence-corrected chi connectivity index (χ4v) is 4.14. The van der Waals surface area contributed by atoms with Crippen molar-refractivity contribution >= 4 is 35.3 Å². The number of hydrogen-bond donors (Lipinski definition) is 1. The van der Waals surface area contributed by atoms with Gasteiger partial charge in [-0.3, -0.25) is 4.79 Å². The summed E-state index contributed by atoms with van der Waals surface area (Å²) in [6.45, 7) is 9.66. The van der Waals surface area contributed by atoms with Crippen LogP contribution in [0.25, 0.3) is 0 Å². The van der Waals surface area contributed by atoms with Crippen LogP contribution in [0.5, 0.6) is 0 Å². The van der Waals surface area contributed by atoms with Gasteiger partial charge < -0.3 is 24.6 Å². The number of amides is 2.